The number of piperazine rings is 1. The molecule has 0 N–H and O–H groups in total. The maximum atomic E-state index is 8.97. The van der Waals surface area contributed by atoms with Gasteiger partial charge in [0.25, 0.3) is 0 Å². The van der Waals surface area contributed by atoms with Gasteiger partial charge in [-0.25, -0.2) is 0 Å². The Bertz CT molecular complexity index is 764. The van der Waals surface area contributed by atoms with Crippen molar-refractivity contribution in [3.05, 3.63) is 71.3 Å². The molecule has 4 rings (SSSR count). The average Bonchev–Trinajstić information content (AvgIpc) is 2.77. The first kappa shape index (κ1) is 19.2. The second-order valence-electron chi connectivity index (χ2n) is 8.37. The molecule has 1 heterocycles. The van der Waals surface area contributed by atoms with E-state index < -0.39 is 0 Å². The van der Waals surface area contributed by atoms with Gasteiger partial charge in [0.2, 0.25) is 0 Å². The zero-order valence-electron chi connectivity index (χ0n) is 16.8. The summed E-state index contributed by atoms with van der Waals surface area (Å²) in [5.74, 6) is 0.807. The molecule has 2 aliphatic rings. The highest BCUT2D eigenvalue weighted by Gasteiger charge is 2.32. The molecule has 3 heteroatoms. The Morgan fingerprint density at radius 2 is 1.54 bits per heavy atom. The molecule has 1 atom stereocenters. The third-order valence-corrected chi connectivity index (χ3v) is 6.53. The molecule has 2 aromatic rings. The highest BCUT2D eigenvalue weighted by atomic mass is 15.3. The Hall–Kier alpha value is -2.15. The molecule has 1 saturated heterocycles. The molecule has 0 aromatic heterocycles. The summed E-state index contributed by atoms with van der Waals surface area (Å²) in [7, 11) is 0. The minimum Gasteiger partial charge on any atom is -0.297 e. The van der Waals surface area contributed by atoms with Crippen LogP contribution in [0.15, 0.2) is 54.6 Å². The molecule has 1 unspecified atom stereocenters. The van der Waals surface area contributed by atoms with Crippen LogP contribution in [0.2, 0.25) is 0 Å². The van der Waals surface area contributed by atoms with Gasteiger partial charge in [0.15, 0.2) is 0 Å². The van der Waals surface area contributed by atoms with Crippen LogP contribution in [0.4, 0.5) is 0 Å². The van der Waals surface area contributed by atoms with Gasteiger partial charge in [-0.15, -0.1) is 0 Å². The monoisotopic (exact) mass is 373 g/mol. The lowest BCUT2D eigenvalue weighted by Crippen LogP contribution is -2.48. The molecule has 146 valence electrons. The van der Waals surface area contributed by atoms with Gasteiger partial charge in [-0.1, -0.05) is 61.7 Å². The van der Waals surface area contributed by atoms with Crippen LogP contribution >= 0.6 is 0 Å². The molecular formula is C25H31N3. The molecule has 1 aliphatic carbocycles. The van der Waals surface area contributed by atoms with Crippen LogP contribution in [0.5, 0.6) is 0 Å². The smallest absolute Gasteiger partial charge is 0.0991 e. The molecule has 2 fully saturated rings. The van der Waals surface area contributed by atoms with Crippen molar-refractivity contribution >= 4 is 0 Å². The third kappa shape index (κ3) is 4.63. The van der Waals surface area contributed by atoms with Crippen molar-refractivity contribution in [2.45, 2.75) is 44.7 Å². The normalized spacial score (nSPS) is 20.5. The number of benzene rings is 2. The van der Waals surface area contributed by atoms with Gasteiger partial charge < -0.3 is 0 Å². The molecular weight excluding hydrogens is 342 g/mol. The van der Waals surface area contributed by atoms with Gasteiger partial charge in [-0.3, -0.25) is 9.80 Å². The van der Waals surface area contributed by atoms with E-state index in [1.807, 2.05) is 12.1 Å². The van der Waals surface area contributed by atoms with Crippen molar-refractivity contribution in [1.29, 1.82) is 5.26 Å². The summed E-state index contributed by atoms with van der Waals surface area (Å²) in [4.78, 5) is 5.31. The topological polar surface area (TPSA) is 30.3 Å². The maximum Gasteiger partial charge on any atom is 0.0991 e. The van der Waals surface area contributed by atoms with E-state index in [-0.39, 0.29) is 0 Å². The highest BCUT2D eigenvalue weighted by Crippen LogP contribution is 2.38. The standard InChI is InChI=1S/C25H31N3/c26-19-21-11-13-22(14-12-21)20-27-15-17-28(18-16-27)25(23-7-3-1-4-8-23)24-9-5-2-6-10-24/h1,3-4,7-8,11-14,24-25H,2,5-6,9-10,15-18,20H2. The van der Waals surface area contributed by atoms with Crippen LogP contribution in [0, 0.1) is 17.2 Å². The van der Waals surface area contributed by atoms with Crippen LogP contribution in [0.1, 0.15) is 54.8 Å². The molecule has 3 nitrogen and oxygen atoms in total. The van der Waals surface area contributed by atoms with E-state index in [9.17, 15) is 0 Å². The zero-order chi connectivity index (χ0) is 19.2. The lowest BCUT2D eigenvalue weighted by atomic mass is 9.80. The van der Waals surface area contributed by atoms with Gasteiger partial charge >= 0.3 is 0 Å². The molecule has 0 radical (unpaired) electrons. The molecule has 2 aromatic carbocycles. The maximum absolute atomic E-state index is 8.97. The van der Waals surface area contributed by atoms with Crippen molar-refractivity contribution in [2.75, 3.05) is 26.2 Å². The largest absolute Gasteiger partial charge is 0.297 e. The Kier molecular flexibility index (Phi) is 6.41. The van der Waals surface area contributed by atoms with Crippen molar-refractivity contribution in [3.8, 4) is 6.07 Å². The average molecular weight is 374 g/mol. The number of hydrogen-bond acceptors (Lipinski definition) is 3. The van der Waals surface area contributed by atoms with Crippen LogP contribution in [-0.2, 0) is 6.54 Å². The number of hydrogen-bond donors (Lipinski definition) is 0. The summed E-state index contributed by atoms with van der Waals surface area (Å²) >= 11 is 0. The van der Waals surface area contributed by atoms with E-state index in [0.717, 1.165) is 44.2 Å². The van der Waals surface area contributed by atoms with E-state index >= 15 is 0 Å². The predicted octanol–water partition coefficient (Wildman–Crippen LogP) is 5.00. The van der Waals surface area contributed by atoms with Crippen molar-refractivity contribution in [1.82, 2.24) is 9.80 Å². The quantitative estimate of drug-likeness (QED) is 0.739. The van der Waals surface area contributed by atoms with Gasteiger partial charge in [0.05, 0.1) is 11.6 Å². The van der Waals surface area contributed by atoms with E-state index in [4.69, 9.17) is 5.26 Å². The fourth-order valence-electron chi connectivity index (χ4n) is 5.02. The second-order valence-corrected chi connectivity index (χ2v) is 8.37. The van der Waals surface area contributed by atoms with Crippen molar-refractivity contribution in [2.24, 2.45) is 5.92 Å². The number of nitrogens with zero attached hydrogens (tertiary/aromatic N) is 3. The summed E-state index contributed by atoms with van der Waals surface area (Å²) in [5.41, 5.74) is 3.56. The summed E-state index contributed by atoms with van der Waals surface area (Å²) in [6, 6.07) is 22.0. The first-order chi connectivity index (χ1) is 13.8. The van der Waals surface area contributed by atoms with Crippen LogP contribution in [0.25, 0.3) is 0 Å². The summed E-state index contributed by atoms with van der Waals surface area (Å²) in [6.07, 6.45) is 6.96. The van der Waals surface area contributed by atoms with Crippen LogP contribution in [0.3, 0.4) is 0 Å². The molecule has 0 spiro atoms. The van der Waals surface area contributed by atoms with Crippen molar-refractivity contribution in [3.63, 3.8) is 0 Å². The molecule has 0 amide bonds. The Balaban J connectivity index is 1.40. The Morgan fingerprint density at radius 1 is 0.857 bits per heavy atom. The lowest BCUT2D eigenvalue weighted by Gasteiger charge is -2.43. The first-order valence-electron chi connectivity index (χ1n) is 10.8. The molecule has 1 aliphatic heterocycles. The van der Waals surface area contributed by atoms with Crippen LogP contribution < -0.4 is 0 Å². The zero-order valence-corrected chi connectivity index (χ0v) is 16.8. The van der Waals surface area contributed by atoms with E-state index in [2.05, 4.69) is 58.3 Å². The SMILES string of the molecule is N#Cc1ccc(CN2CCN(C(c3ccccc3)C3CCCCC3)CC2)cc1. The predicted molar refractivity (Wildman–Crippen MR) is 114 cm³/mol. The summed E-state index contributed by atoms with van der Waals surface area (Å²) in [6.45, 7) is 5.52. The lowest BCUT2D eigenvalue weighted by molar-refractivity contribution is 0.0547. The van der Waals surface area contributed by atoms with E-state index in [1.165, 1.54) is 43.2 Å². The fraction of sp³-hybridized carbons (Fsp3) is 0.480. The van der Waals surface area contributed by atoms with E-state index in [0.29, 0.717) is 6.04 Å². The Morgan fingerprint density at radius 3 is 2.18 bits per heavy atom. The fourth-order valence-corrected chi connectivity index (χ4v) is 5.02. The van der Waals surface area contributed by atoms with E-state index in [1.54, 1.807) is 0 Å². The van der Waals surface area contributed by atoms with Crippen molar-refractivity contribution < 1.29 is 0 Å². The van der Waals surface area contributed by atoms with Crippen LogP contribution in [-0.4, -0.2) is 36.0 Å². The minimum absolute atomic E-state index is 0.582. The van der Waals surface area contributed by atoms with Gasteiger partial charge in [-0.2, -0.15) is 5.26 Å². The minimum atomic E-state index is 0.582. The highest BCUT2D eigenvalue weighted by molar-refractivity contribution is 5.31. The third-order valence-electron chi connectivity index (χ3n) is 6.53. The number of nitriles is 1. The molecule has 1 saturated carbocycles. The van der Waals surface area contributed by atoms with Gasteiger partial charge in [-0.05, 0) is 42.0 Å². The Labute approximate surface area is 169 Å². The van der Waals surface area contributed by atoms with Gasteiger partial charge in [0.1, 0.15) is 0 Å². The van der Waals surface area contributed by atoms with Gasteiger partial charge in [0, 0.05) is 38.8 Å². The number of rotatable bonds is 5. The first-order valence-corrected chi connectivity index (χ1v) is 10.8. The molecule has 0 bridgehead atoms. The summed E-state index contributed by atoms with van der Waals surface area (Å²) < 4.78 is 0. The molecule has 28 heavy (non-hydrogen) atoms. The second kappa shape index (κ2) is 9.37. The summed E-state index contributed by atoms with van der Waals surface area (Å²) in [5, 5.41) is 8.97.